The van der Waals surface area contributed by atoms with Crippen LogP contribution < -0.4 is 0 Å². The molecule has 0 aliphatic carbocycles. The van der Waals surface area contributed by atoms with E-state index in [2.05, 4.69) is 48.5 Å². The normalized spacial score (nSPS) is 14.9. The molecule has 0 saturated heterocycles. The zero-order chi connectivity index (χ0) is 65.2. The summed E-state index contributed by atoms with van der Waals surface area (Å²) in [4.78, 5) is 72.5. The number of carbonyl (C=O) groups is 4. The number of phosphoric acid groups is 2. The van der Waals surface area contributed by atoms with Crippen LogP contribution in [0.1, 0.15) is 344 Å². The third-order valence-electron chi connectivity index (χ3n) is 16.6. The number of aliphatic hydroxyl groups is 1. The zero-order valence-electron chi connectivity index (χ0n) is 57.2. The summed E-state index contributed by atoms with van der Waals surface area (Å²) in [6, 6.07) is 0. The summed E-state index contributed by atoms with van der Waals surface area (Å²) in [5.41, 5.74) is 0. The van der Waals surface area contributed by atoms with Crippen LogP contribution in [0.5, 0.6) is 0 Å². The Morgan fingerprint density at radius 1 is 0.330 bits per heavy atom. The van der Waals surface area contributed by atoms with Crippen molar-refractivity contribution in [3.05, 3.63) is 0 Å². The van der Waals surface area contributed by atoms with Crippen LogP contribution in [0.15, 0.2) is 0 Å². The molecule has 0 aliphatic heterocycles. The lowest BCUT2D eigenvalue weighted by atomic mass is 9.99. The molecule has 0 amide bonds. The first-order chi connectivity index (χ1) is 42.3. The van der Waals surface area contributed by atoms with Gasteiger partial charge in [0.25, 0.3) is 0 Å². The van der Waals surface area contributed by atoms with Gasteiger partial charge in [0.1, 0.15) is 19.3 Å². The van der Waals surface area contributed by atoms with E-state index in [-0.39, 0.29) is 25.7 Å². The number of phosphoric ester groups is 2. The largest absolute Gasteiger partial charge is 0.472 e. The van der Waals surface area contributed by atoms with E-state index in [0.29, 0.717) is 25.7 Å². The van der Waals surface area contributed by atoms with E-state index in [0.717, 1.165) is 108 Å². The van der Waals surface area contributed by atoms with Gasteiger partial charge in [-0.15, -0.1) is 0 Å². The van der Waals surface area contributed by atoms with Gasteiger partial charge in [-0.2, -0.15) is 0 Å². The van der Waals surface area contributed by atoms with Gasteiger partial charge in [0.15, 0.2) is 12.2 Å². The molecule has 0 spiro atoms. The van der Waals surface area contributed by atoms with E-state index in [9.17, 15) is 43.2 Å². The summed E-state index contributed by atoms with van der Waals surface area (Å²) in [5, 5.41) is 10.6. The molecule has 0 heterocycles. The van der Waals surface area contributed by atoms with Crippen molar-refractivity contribution in [2.24, 2.45) is 17.8 Å². The maximum absolute atomic E-state index is 13.0. The monoisotopic (exact) mass is 1300 g/mol. The molecule has 0 rings (SSSR count). The molecule has 0 aliphatic rings. The van der Waals surface area contributed by atoms with Gasteiger partial charge in [-0.25, -0.2) is 9.13 Å². The van der Waals surface area contributed by atoms with E-state index < -0.39 is 97.5 Å². The van der Waals surface area contributed by atoms with Crippen LogP contribution in [0, 0.1) is 17.8 Å². The Balaban J connectivity index is 5.26. The van der Waals surface area contributed by atoms with Gasteiger partial charge < -0.3 is 33.8 Å². The molecule has 88 heavy (non-hydrogen) atoms. The van der Waals surface area contributed by atoms with Gasteiger partial charge in [0.05, 0.1) is 26.4 Å². The van der Waals surface area contributed by atoms with Crippen molar-refractivity contribution in [2.45, 2.75) is 362 Å². The summed E-state index contributed by atoms with van der Waals surface area (Å²) in [6.45, 7) is 11.8. The van der Waals surface area contributed by atoms with Crippen molar-refractivity contribution in [1.82, 2.24) is 0 Å². The smallest absolute Gasteiger partial charge is 0.462 e. The predicted molar refractivity (Wildman–Crippen MR) is 354 cm³/mol. The first-order valence-electron chi connectivity index (χ1n) is 35.9. The summed E-state index contributed by atoms with van der Waals surface area (Å²) in [6.07, 6.45) is 42.9. The topological polar surface area (TPSA) is 237 Å². The van der Waals surface area contributed by atoms with Crippen molar-refractivity contribution in [3.8, 4) is 0 Å². The van der Waals surface area contributed by atoms with E-state index in [1.807, 2.05) is 0 Å². The number of ether oxygens (including phenoxy) is 4. The Morgan fingerprint density at radius 3 is 0.864 bits per heavy atom. The van der Waals surface area contributed by atoms with Crippen LogP contribution in [0.3, 0.4) is 0 Å². The average Bonchev–Trinajstić information content (AvgIpc) is 3.50. The fourth-order valence-corrected chi connectivity index (χ4v) is 11.9. The molecule has 3 N–H and O–H groups in total. The average molecular weight is 1300 g/mol. The second kappa shape index (κ2) is 60.0. The van der Waals surface area contributed by atoms with Crippen LogP contribution in [0.25, 0.3) is 0 Å². The predicted octanol–water partition coefficient (Wildman–Crippen LogP) is 19.5. The maximum atomic E-state index is 13.0. The first-order valence-corrected chi connectivity index (χ1v) is 38.9. The minimum atomic E-state index is -4.95. The lowest BCUT2D eigenvalue weighted by Crippen LogP contribution is -2.30. The van der Waals surface area contributed by atoms with Crippen molar-refractivity contribution >= 4 is 39.5 Å². The second-order valence-corrected chi connectivity index (χ2v) is 28.8. The molecule has 0 aromatic carbocycles. The summed E-state index contributed by atoms with van der Waals surface area (Å²) < 4.78 is 68.2. The fraction of sp³-hybridized carbons (Fsp3) is 0.942. The molecule has 0 radical (unpaired) electrons. The third-order valence-corrected chi connectivity index (χ3v) is 18.5. The molecule has 17 nitrogen and oxygen atoms in total. The highest BCUT2D eigenvalue weighted by molar-refractivity contribution is 7.47. The van der Waals surface area contributed by atoms with Gasteiger partial charge in [-0.05, 0) is 43.4 Å². The Kier molecular flexibility index (Phi) is 58.7. The maximum Gasteiger partial charge on any atom is 0.472 e. The molecule has 0 aromatic rings. The summed E-state index contributed by atoms with van der Waals surface area (Å²) in [7, 11) is -9.90. The third kappa shape index (κ3) is 60.3. The number of carbonyl (C=O) groups excluding carboxylic acids is 4. The number of aliphatic hydroxyl groups excluding tert-OH is 1. The quantitative estimate of drug-likeness (QED) is 0.0222. The van der Waals surface area contributed by atoms with Crippen LogP contribution in [-0.4, -0.2) is 96.7 Å². The molecule has 522 valence electrons. The van der Waals surface area contributed by atoms with E-state index >= 15 is 0 Å². The van der Waals surface area contributed by atoms with Gasteiger partial charge in [-0.3, -0.25) is 37.3 Å². The molecular formula is C69H134O17P2. The number of esters is 4. The van der Waals surface area contributed by atoms with Crippen LogP contribution in [0.4, 0.5) is 0 Å². The summed E-state index contributed by atoms with van der Waals surface area (Å²) in [5.74, 6) is 0.165. The molecule has 7 atom stereocenters. The van der Waals surface area contributed by atoms with Crippen molar-refractivity contribution in [3.63, 3.8) is 0 Å². The van der Waals surface area contributed by atoms with Crippen molar-refractivity contribution in [2.75, 3.05) is 39.6 Å². The minimum Gasteiger partial charge on any atom is -0.462 e. The molecule has 4 unspecified atom stereocenters. The standard InChI is InChI=1S/C69H134O17P2/c1-8-11-12-13-14-15-23-28-36-43-50-66(71)80-57-65(86-69(74)53-46-39-32-31-35-42-49-62(7)10-3)59-84-88(77,78)82-55-63(70)54-81-87(75,76)83-58-64(85-68(73)52-45-38-30-25-18-16-17-21-26-33-40-47-60(4)5)56-79-67(72)51-44-37-29-24-20-19-22-27-34-41-48-61(6)9-2/h60-65,70H,8-59H2,1-7H3,(H,75,76)(H,77,78)/t61?,62?,63-,64-,65-/m1/s1. The van der Waals surface area contributed by atoms with Gasteiger partial charge in [-0.1, -0.05) is 292 Å². The zero-order valence-corrected chi connectivity index (χ0v) is 59.0. The highest BCUT2D eigenvalue weighted by Crippen LogP contribution is 2.45. The van der Waals surface area contributed by atoms with E-state index in [1.54, 1.807) is 0 Å². The molecule has 19 heteroatoms. The number of hydrogen-bond donors (Lipinski definition) is 3. The van der Waals surface area contributed by atoms with Gasteiger partial charge >= 0.3 is 39.5 Å². The number of unbranched alkanes of at least 4 members (excludes halogenated alkanes) is 33. The van der Waals surface area contributed by atoms with E-state index in [4.69, 9.17) is 37.0 Å². The van der Waals surface area contributed by atoms with Crippen molar-refractivity contribution < 1.29 is 80.2 Å². The first kappa shape index (κ1) is 86.1. The Hall–Kier alpha value is -1.94. The summed E-state index contributed by atoms with van der Waals surface area (Å²) >= 11 is 0. The highest BCUT2D eigenvalue weighted by atomic mass is 31.2. The fourth-order valence-electron chi connectivity index (χ4n) is 10.3. The minimum absolute atomic E-state index is 0.103. The molecule has 0 bridgehead atoms. The lowest BCUT2D eigenvalue weighted by Gasteiger charge is -2.21. The molecule has 0 saturated carbocycles. The second-order valence-electron chi connectivity index (χ2n) is 25.9. The van der Waals surface area contributed by atoms with Gasteiger partial charge in [0.2, 0.25) is 0 Å². The van der Waals surface area contributed by atoms with E-state index in [1.165, 1.54) is 154 Å². The Morgan fingerprint density at radius 2 is 0.580 bits per heavy atom. The lowest BCUT2D eigenvalue weighted by molar-refractivity contribution is -0.161. The SMILES string of the molecule is CCCCCCCCCCCCC(=O)OC[C@H](COP(=O)(O)OC[C@H](O)COP(=O)(O)OC[C@@H](COC(=O)CCCCCCCCCCCCC(C)CC)OC(=O)CCCCCCCCCCCCCC(C)C)OC(=O)CCCCCCCCC(C)CC. The number of hydrogen-bond acceptors (Lipinski definition) is 15. The van der Waals surface area contributed by atoms with Crippen LogP contribution >= 0.6 is 15.6 Å². The van der Waals surface area contributed by atoms with Crippen LogP contribution in [0.2, 0.25) is 0 Å². The Bertz CT molecular complexity index is 1740. The van der Waals surface area contributed by atoms with Crippen LogP contribution in [-0.2, 0) is 65.4 Å². The van der Waals surface area contributed by atoms with Gasteiger partial charge in [0, 0.05) is 25.7 Å². The molecule has 0 aromatic heterocycles. The molecule has 0 fully saturated rings. The number of rotatable bonds is 67. The molecular weight excluding hydrogens is 1160 g/mol. The highest BCUT2D eigenvalue weighted by Gasteiger charge is 2.30. The van der Waals surface area contributed by atoms with Crippen molar-refractivity contribution in [1.29, 1.82) is 0 Å². The Labute approximate surface area is 537 Å².